The van der Waals surface area contributed by atoms with Gasteiger partial charge in [0.1, 0.15) is 0 Å². The monoisotopic (exact) mass is 366 g/mol. The summed E-state index contributed by atoms with van der Waals surface area (Å²) in [7, 11) is 0. The number of carbonyl (C=O) groups is 1. The highest BCUT2D eigenvalue weighted by Crippen LogP contribution is 2.21. The second-order valence-electron chi connectivity index (χ2n) is 5.23. The topological polar surface area (TPSA) is 78.7 Å². The lowest BCUT2D eigenvalue weighted by atomic mass is 10.1. The number of rotatable bonds is 5. The first-order valence-electron chi connectivity index (χ1n) is 7.47. The Balaban J connectivity index is 1.58. The number of thiazole rings is 2. The maximum atomic E-state index is 11.9. The predicted octanol–water partition coefficient (Wildman–Crippen LogP) is 4.02. The van der Waals surface area contributed by atoms with Gasteiger partial charge in [-0.2, -0.15) is 5.26 Å². The van der Waals surface area contributed by atoms with Crippen LogP contribution in [0.4, 0.5) is 5.13 Å². The van der Waals surface area contributed by atoms with Gasteiger partial charge in [0.05, 0.1) is 22.3 Å². The third kappa shape index (κ3) is 4.83. The summed E-state index contributed by atoms with van der Waals surface area (Å²) in [6.45, 7) is 1.92. The summed E-state index contributed by atoms with van der Waals surface area (Å²) >= 11 is 2.98. The minimum Gasteiger partial charge on any atom is -0.298 e. The zero-order chi connectivity index (χ0) is 17.6. The van der Waals surface area contributed by atoms with E-state index in [9.17, 15) is 4.79 Å². The van der Waals surface area contributed by atoms with Gasteiger partial charge < -0.3 is 0 Å². The van der Waals surface area contributed by atoms with Crippen molar-refractivity contribution in [2.45, 2.75) is 13.3 Å². The summed E-state index contributed by atoms with van der Waals surface area (Å²) in [6, 6.07) is 9.54. The van der Waals surface area contributed by atoms with Crippen molar-refractivity contribution in [2.24, 2.45) is 0 Å². The number of anilines is 1. The van der Waals surface area contributed by atoms with Crippen molar-refractivity contribution in [1.29, 1.82) is 5.26 Å². The first kappa shape index (κ1) is 17.0. The van der Waals surface area contributed by atoms with Crippen LogP contribution in [0, 0.1) is 18.3 Å². The molecule has 0 aliphatic carbocycles. The highest BCUT2D eigenvalue weighted by Gasteiger charge is 2.06. The van der Waals surface area contributed by atoms with Gasteiger partial charge in [-0.15, -0.1) is 22.7 Å². The number of carbonyl (C=O) groups excluding carboxylic acids is 1. The Morgan fingerprint density at radius 2 is 2.16 bits per heavy atom. The SMILES string of the molecule is Cc1nc(/C=C/C(=O)Nc2ncc(Cc3ccc(C#N)cc3)s2)cs1. The molecule has 1 N–H and O–H groups in total. The summed E-state index contributed by atoms with van der Waals surface area (Å²) < 4.78 is 0. The fourth-order valence-electron chi connectivity index (χ4n) is 2.11. The molecule has 0 radical (unpaired) electrons. The average Bonchev–Trinajstić information content (AvgIpc) is 3.22. The highest BCUT2D eigenvalue weighted by molar-refractivity contribution is 7.15. The molecule has 0 aliphatic rings. The van der Waals surface area contributed by atoms with E-state index in [1.165, 1.54) is 17.4 Å². The van der Waals surface area contributed by atoms with E-state index in [-0.39, 0.29) is 5.91 Å². The predicted molar refractivity (Wildman–Crippen MR) is 101 cm³/mol. The summed E-state index contributed by atoms with van der Waals surface area (Å²) in [5.74, 6) is -0.232. The molecule has 0 aliphatic heterocycles. The smallest absolute Gasteiger partial charge is 0.250 e. The standard InChI is InChI=1S/C18H14N4OS2/c1-12-21-15(11-24-12)6-7-17(23)22-18-20-10-16(25-18)8-13-2-4-14(9-19)5-3-13/h2-7,10-11H,8H2,1H3,(H,20,22,23)/b7-6+. The molecule has 2 aromatic heterocycles. The highest BCUT2D eigenvalue weighted by atomic mass is 32.1. The van der Waals surface area contributed by atoms with Crippen LogP contribution in [0.15, 0.2) is 41.9 Å². The Bertz CT molecular complexity index is 948. The average molecular weight is 366 g/mol. The van der Waals surface area contributed by atoms with Crippen LogP contribution >= 0.6 is 22.7 Å². The second-order valence-corrected chi connectivity index (χ2v) is 7.41. The van der Waals surface area contributed by atoms with Gasteiger partial charge in [0.25, 0.3) is 0 Å². The van der Waals surface area contributed by atoms with Crippen LogP contribution in [0.25, 0.3) is 6.08 Å². The Morgan fingerprint density at radius 1 is 1.36 bits per heavy atom. The summed E-state index contributed by atoms with van der Waals surface area (Å²) in [6.07, 6.45) is 5.61. The second kappa shape index (κ2) is 7.83. The van der Waals surface area contributed by atoms with Gasteiger partial charge in [-0.3, -0.25) is 10.1 Å². The fraction of sp³-hybridized carbons (Fsp3) is 0.111. The van der Waals surface area contributed by atoms with Crippen LogP contribution in [-0.4, -0.2) is 15.9 Å². The molecule has 0 saturated carbocycles. The molecule has 0 unspecified atom stereocenters. The Hall–Kier alpha value is -2.82. The molecule has 7 heteroatoms. The summed E-state index contributed by atoms with van der Waals surface area (Å²) in [5, 5.41) is 15.0. The zero-order valence-electron chi connectivity index (χ0n) is 13.4. The van der Waals surface area contributed by atoms with E-state index in [4.69, 9.17) is 5.26 Å². The minimum absolute atomic E-state index is 0.232. The molecule has 3 aromatic rings. The molecule has 5 nitrogen and oxygen atoms in total. The van der Waals surface area contributed by atoms with Crippen molar-refractivity contribution < 1.29 is 4.79 Å². The molecular formula is C18H14N4OS2. The largest absolute Gasteiger partial charge is 0.298 e. The number of aryl methyl sites for hydroxylation is 1. The van der Waals surface area contributed by atoms with Crippen LogP contribution in [0.3, 0.4) is 0 Å². The van der Waals surface area contributed by atoms with Crippen molar-refractivity contribution in [3.8, 4) is 6.07 Å². The molecule has 0 bridgehead atoms. The minimum atomic E-state index is -0.232. The Labute approximate surface area is 153 Å². The first-order chi connectivity index (χ1) is 12.1. The van der Waals surface area contributed by atoms with Crippen molar-refractivity contribution in [3.05, 3.63) is 68.6 Å². The molecule has 124 valence electrons. The quantitative estimate of drug-likeness (QED) is 0.692. The molecule has 25 heavy (non-hydrogen) atoms. The van der Waals surface area contributed by atoms with E-state index in [1.54, 1.807) is 35.7 Å². The van der Waals surface area contributed by atoms with Gasteiger partial charge in [-0.05, 0) is 30.7 Å². The molecule has 2 heterocycles. The molecular weight excluding hydrogens is 352 g/mol. The lowest BCUT2D eigenvalue weighted by molar-refractivity contribution is -0.111. The van der Waals surface area contributed by atoms with Gasteiger partial charge in [0, 0.05) is 29.0 Å². The van der Waals surface area contributed by atoms with Crippen LogP contribution < -0.4 is 5.32 Å². The van der Waals surface area contributed by atoms with E-state index >= 15 is 0 Å². The number of amides is 1. The van der Waals surface area contributed by atoms with E-state index < -0.39 is 0 Å². The lowest BCUT2D eigenvalue weighted by Gasteiger charge is -1.98. The van der Waals surface area contributed by atoms with Gasteiger partial charge in [0.15, 0.2) is 5.13 Å². The van der Waals surface area contributed by atoms with E-state index in [0.29, 0.717) is 17.1 Å². The van der Waals surface area contributed by atoms with Crippen molar-refractivity contribution in [3.63, 3.8) is 0 Å². The summed E-state index contributed by atoms with van der Waals surface area (Å²) in [5.41, 5.74) is 2.51. The number of nitrogens with zero attached hydrogens (tertiary/aromatic N) is 3. The van der Waals surface area contributed by atoms with Crippen molar-refractivity contribution in [2.75, 3.05) is 5.32 Å². The van der Waals surface area contributed by atoms with Gasteiger partial charge in [-0.25, -0.2) is 9.97 Å². The van der Waals surface area contributed by atoms with Crippen LogP contribution in [0.5, 0.6) is 0 Å². The molecule has 0 atom stereocenters. The third-order valence-electron chi connectivity index (χ3n) is 3.29. The van der Waals surface area contributed by atoms with Gasteiger partial charge >= 0.3 is 0 Å². The Morgan fingerprint density at radius 3 is 2.84 bits per heavy atom. The van der Waals surface area contributed by atoms with Crippen molar-refractivity contribution in [1.82, 2.24) is 9.97 Å². The number of hydrogen-bond acceptors (Lipinski definition) is 6. The molecule has 1 aromatic carbocycles. The van der Waals surface area contributed by atoms with E-state index in [2.05, 4.69) is 21.4 Å². The third-order valence-corrected chi connectivity index (χ3v) is 4.99. The summed E-state index contributed by atoms with van der Waals surface area (Å²) in [4.78, 5) is 21.5. The molecule has 0 fully saturated rings. The zero-order valence-corrected chi connectivity index (χ0v) is 15.0. The normalized spacial score (nSPS) is 10.7. The number of hydrogen-bond donors (Lipinski definition) is 1. The maximum absolute atomic E-state index is 11.9. The molecule has 1 amide bonds. The maximum Gasteiger partial charge on any atom is 0.250 e. The van der Waals surface area contributed by atoms with Crippen LogP contribution in [-0.2, 0) is 11.2 Å². The van der Waals surface area contributed by atoms with E-state index in [1.807, 2.05) is 24.4 Å². The lowest BCUT2D eigenvalue weighted by Crippen LogP contribution is -2.07. The number of benzene rings is 1. The molecule has 0 spiro atoms. The Kier molecular flexibility index (Phi) is 5.33. The number of aromatic nitrogens is 2. The van der Waals surface area contributed by atoms with E-state index in [0.717, 1.165) is 21.1 Å². The number of nitriles is 1. The van der Waals surface area contributed by atoms with Gasteiger partial charge in [-0.1, -0.05) is 12.1 Å². The first-order valence-corrected chi connectivity index (χ1v) is 9.17. The van der Waals surface area contributed by atoms with Crippen LogP contribution in [0.2, 0.25) is 0 Å². The van der Waals surface area contributed by atoms with Crippen LogP contribution in [0.1, 0.15) is 26.7 Å². The molecule has 3 rings (SSSR count). The van der Waals surface area contributed by atoms with Gasteiger partial charge in [0.2, 0.25) is 5.91 Å². The van der Waals surface area contributed by atoms with Crippen molar-refractivity contribution >= 4 is 39.8 Å². The fourth-order valence-corrected chi connectivity index (χ4v) is 3.54. The number of nitrogens with one attached hydrogen (secondary N) is 1. The molecule has 0 saturated heterocycles.